The van der Waals surface area contributed by atoms with E-state index in [1.54, 1.807) is 0 Å². The summed E-state index contributed by atoms with van der Waals surface area (Å²) in [5.41, 5.74) is 11.3. The number of carbonyl (C=O) groups is 5. The number of nitrogens with two attached hydrogens (primary N) is 2. The summed E-state index contributed by atoms with van der Waals surface area (Å²) in [6, 6.07) is -3.55. The summed E-state index contributed by atoms with van der Waals surface area (Å²) in [7, 11) is 0. The van der Waals surface area contributed by atoms with E-state index in [0.29, 0.717) is 0 Å². The molecule has 1 heterocycles. The first-order valence-corrected chi connectivity index (χ1v) is 13.9. The number of nitrogens with one attached hydrogen (secondary N) is 2. The first-order chi connectivity index (χ1) is 17.4. The van der Waals surface area contributed by atoms with E-state index >= 15 is 0 Å². The number of nitrogens with zero attached hydrogens (tertiary/aromatic N) is 1. The largest absolute Gasteiger partial charge is 0.368 e. The topological polar surface area (TPSA) is 165 Å². The number of carbonyl (C=O) groups excluding carboxylic acids is 5. The fourth-order valence-electron chi connectivity index (χ4n) is 5.95. The van der Waals surface area contributed by atoms with E-state index in [4.69, 9.17) is 11.5 Å². The molecule has 0 aromatic rings. The molecule has 10 nitrogen and oxygen atoms in total. The molecular weight excluding hydrogens is 474 g/mol. The highest BCUT2D eigenvalue weighted by molar-refractivity contribution is 6.01. The molecule has 0 aromatic heterocycles. The normalized spacial score (nSPS) is 24.3. The Morgan fingerprint density at radius 1 is 0.865 bits per heavy atom. The monoisotopic (exact) mass is 519 g/mol. The Labute approximate surface area is 220 Å². The van der Waals surface area contributed by atoms with E-state index in [9.17, 15) is 24.0 Å². The Bertz CT molecular complexity index is 873. The number of hydrogen-bond acceptors (Lipinski definition) is 6. The molecule has 10 heteroatoms. The summed E-state index contributed by atoms with van der Waals surface area (Å²) in [4.78, 5) is 66.0. The molecule has 37 heavy (non-hydrogen) atoms. The van der Waals surface area contributed by atoms with Crippen molar-refractivity contribution in [2.24, 2.45) is 28.7 Å². The molecule has 0 aromatic carbocycles. The third kappa shape index (κ3) is 7.30. The zero-order chi connectivity index (χ0) is 27.3. The molecule has 0 radical (unpaired) electrons. The van der Waals surface area contributed by atoms with Gasteiger partial charge in [-0.15, -0.1) is 0 Å². The molecule has 3 fully saturated rings. The van der Waals surface area contributed by atoms with Gasteiger partial charge in [-0.25, -0.2) is 0 Å². The third-order valence-electron chi connectivity index (χ3n) is 8.36. The Morgan fingerprint density at radius 3 is 1.86 bits per heavy atom. The first kappa shape index (κ1) is 29.1. The Balaban J connectivity index is 1.78. The van der Waals surface area contributed by atoms with Crippen molar-refractivity contribution in [1.82, 2.24) is 15.5 Å². The Morgan fingerprint density at radius 2 is 1.38 bits per heavy atom. The Hall–Kier alpha value is -2.49. The molecule has 1 aliphatic heterocycles. The zero-order valence-electron chi connectivity index (χ0n) is 22.6. The smallest absolute Gasteiger partial charge is 0.243 e. The van der Waals surface area contributed by atoms with Gasteiger partial charge in [-0.2, -0.15) is 0 Å². The fourth-order valence-corrected chi connectivity index (χ4v) is 5.95. The van der Waals surface area contributed by atoms with Gasteiger partial charge in [0.05, 0.1) is 12.6 Å². The Kier molecular flexibility index (Phi) is 9.72. The highest BCUT2D eigenvalue weighted by Crippen LogP contribution is 2.30. The van der Waals surface area contributed by atoms with Crippen LogP contribution in [0.15, 0.2) is 0 Å². The molecule has 0 unspecified atom stereocenters. The minimum atomic E-state index is -1.02. The van der Waals surface area contributed by atoms with Crippen molar-refractivity contribution in [2.45, 2.75) is 116 Å². The SMILES string of the molecule is CC(C)(C)[C@H](N)C(=O)N1CC(=O)C[C@H]1C(=O)N[C@H](C(=O)N[C@H](C(N)=O)C1CCCCC1)C1CCCCC1. The molecule has 0 bridgehead atoms. The van der Waals surface area contributed by atoms with Crippen LogP contribution in [0.2, 0.25) is 0 Å². The van der Waals surface area contributed by atoms with Crippen LogP contribution in [0.4, 0.5) is 0 Å². The van der Waals surface area contributed by atoms with E-state index in [0.717, 1.165) is 64.2 Å². The second-order valence-electron chi connectivity index (χ2n) is 12.2. The minimum absolute atomic E-state index is 0.0163. The number of rotatable bonds is 8. The van der Waals surface area contributed by atoms with E-state index in [1.807, 2.05) is 20.8 Å². The number of ketones is 1. The maximum absolute atomic E-state index is 13.6. The average molecular weight is 520 g/mol. The van der Waals surface area contributed by atoms with Crippen molar-refractivity contribution < 1.29 is 24.0 Å². The molecule has 3 rings (SSSR count). The predicted molar refractivity (Wildman–Crippen MR) is 139 cm³/mol. The van der Waals surface area contributed by atoms with Crippen molar-refractivity contribution in [1.29, 1.82) is 0 Å². The van der Waals surface area contributed by atoms with Crippen LogP contribution in [0.25, 0.3) is 0 Å². The van der Waals surface area contributed by atoms with Crippen LogP contribution in [0, 0.1) is 17.3 Å². The van der Waals surface area contributed by atoms with Crippen LogP contribution in [-0.2, 0) is 24.0 Å². The maximum atomic E-state index is 13.6. The van der Waals surface area contributed by atoms with Gasteiger partial charge in [-0.3, -0.25) is 24.0 Å². The number of likely N-dealkylation sites (tertiary alicyclic amines) is 1. The summed E-state index contributed by atoms with van der Waals surface area (Å²) < 4.78 is 0. The summed E-state index contributed by atoms with van der Waals surface area (Å²) in [6.07, 6.45) is 9.10. The molecule has 2 saturated carbocycles. The van der Waals surface area contributed by atoms with E-state index < -0.39 is 53.2 Å². The predicted octanol–water partition coefficient (Wildman–Crippen LogP) is 1.15. The molecule has 4 amide bonds. The number of primary amides is 1. The summed E-state index contributed by atoms with van der Waals surface area (Å²) in [5.74, 6) is -2.33. The third-order valence-corrected chi connectivity index (χ3v) is 8.36. The van der Waals surface area contributed by atoms with Gasteiger partial charge in [0.25, 0.3) is 0 Å². The number of Topliss-reactive ketones (excluding diaryl/α,β-unsaturated/α-hetero) is 1. The van der Waals surface area contributed by atoms with Crippen molar-refractivity contribution >= 4 is 29.4 Å². The van der Waals surface area contributed by atoms with Crippen molar-refractivity contribution in [2.75, 3.05) is 6.54 Å². The number of amides is 4. The summed E-state index contributed by atoms with van der Waals surface area (Å²) >= 11 is 0. The van der Waals surface area contributed by atoms with Crippen LogP contribution >= 0.6 is 0 Å². The van der Waals surface area contributed by atoms with Crippen LogP contribution < -0.4 is 22.1 Å². The van der Waals surface area contributed by atoms with Gasteiger partial charge >= 0.3 is 0 Å². The van der Waals surface area contributed by atoms with E-state index in [2.05, 4.69) is 10.6 Å². The van der Waals surface area contributed by atoms with Gasteiger partial charge in [-0.05, 0) is 42.9 Å². The second-order valence-corrected chi connectivity index (χ2v) is 12.2. The van der Waals surface area contributed by atoms with Crippen molar-refractivity contribution in [3.8, 4) is 0 Å². The van der Waals surface area contributed by atoms with E-state index in [1.165, 1.54) is 4.90 Å². The lowest BCUT2D eigenvalue weighted by Crippen LogP contribution is -2.60. The molecule has 4 atom stereocenters. The molecule has 1 saturated heterocycles. The van der Waals surface area contributed by atoms with Gasteiger partial charge in [0.1, 0.15) is 18.1 Å². The fraction of sp³-hybridized carbons (Fsp3) is 0.815. The summed E-state index contributed by atoms with van der Waals surface area (Å²) in [5, 5.41) is 5.73. The standard InChI is InChI=1S/C27H45N5O5/c1-27(2,3)22(28)26(37)32-15-18(33)14-19(32)24(35)31-21(17-12-8-5-9-13-17)25(36)30-20(23(29)34)16-10-6-4-7-11-16/h16-17,19-22H,4-15,28H2,1-3H3,(H2,29,34)(H,30,36)(H,31,35)/t19-,20-,21-,22+/m0/s1. The quantitative estimate of drug-likeness (QED) is 0.375. The van der Waals surface area contributed by atoms with Crippen LogP contribution in [0.1, 0.15) is 91.4 Å². The van der Waals surface area contributed by atoms with E-state index in [-0.39, 0.29) is 30.6 Å². The minimum Gasteiger partial charge on any atom is -0.368 e. The van der Waals surface area contributed by atoms with Crippen LogP contribution in [0.3, 0.4) is 0 Å². The van der Waals surface area contributed by atoms with Gasteiger partial charge < -0.3 is 27.0 Å². The van der Waals surface area contributed by atoms with Gasteiger partial charge in [0.2, 0.25) is 23.6 Å². The zero-order valence-corrected chi connectivity index (χ0v) is 22.6. The molecule has 2 aliphatic carbocycles. The van der Waals surface area contributed by atoms with Crippen molar-refractivity contribution in [3.63, 3.8) is 0 Å². The highest BCUT2D eigenvalue weighted by Gasteiger charge is 2.44. The van der Waals surface area contributed by atoms with Crippen molar-refractivity contribution in [3.05, 3.63) is 0 Å². The highest BCUT2D eigenvalue weighted by atomic mass is 16.2. The summed E-state index contributed by atoms with van der Waals surface area (Å²) in [6.45, 7) is 5.31. The van der Waals surface area contributed by atoms with Gasteiger partial charge in [0.15, 0.2) is 5.78 Å². The first-order valence-electron chi connectivity index (χ1n) is 13.9. The van der Waals surface area contributed by atoms with Gasteiger partial charge in [-0.1, -0.05) is 59.3 Å². The molecular formula is C27H45N5O5. The van der Waals surface area contributed by atoms with Crippen LogP contribution in [-0.4, -0.2) is 65.0 Å². The average Bonchev–Trinajstić information content (AvgIpc) is 3.26. The molecule has 208 valence electrons. The molecule has 6 N–H and O–H groups in total. The molecule has 3 aliphatic rings. The van der Waals surface area contributed by atoms with Gasteiger partial charge in [0, 0.05) is 6.42 Å². The lowest BCUT2D eigenvalue weighted by Gasteiger charge is -2.35. The lowest BCUT2D eigenvalue weighted by atomic mass is 9.81. The number of hydrogen-bond donors (Lipinski definition) is 4. The lowest BCUT2D eigenvalue weighted by molar-refractivity contribution is -0.142. The van der Waals surface area contributed by atoms with Crippen LogP contribution in [0.5, 0.6) is 0 Å². The molecule has 0 spiro atoms. The maximum Gasteiger partial charge on any atom is 0.243 e. The second kappa shape index (κ2) is 12.4.